The maximum Gasteiger partial charge on any atom is 0.305 e. The number of hydrogen-bond donors (Lipinski definition) is 1. The maximum atomic E-state index is 12.9. The third-order valence-electron chi connectivity index (χ3n) is 15.2. The molecule has 1 aliphatic carbocycles. The molecule has 1 rings (SSSR count). The third-order valence-corrected chi connectivity index (χ3v) is 15.2. The number of nitrogens with zero attached hydrogens (tertiary/aromatic N) is 2. The number of esters is 2. The number of carbonyl (C=O) groups excluding carboxylic acids is 2. The lowest BCUT2D eigenvalue weighted by atomic mass is 9.84. The number of rotatable bonds is 50. The molecule has 0 aromatic rings. The molecule has 2 atom stereocenters. The van der Waals surface area contributed by atoms with Gasteiger partial charge in [0.1, 0.15) is 0 Å². The van der Waals surface area contributed by atoms with Crippen LogP contribution in [0.2, 0.25) is 0 Å². The zero-order chi connectivity index (χ0) is 48.0. The Balaban J connectivity index is 2.50. The summed E-state index contributed by atoms with van der Waals surface area (Å²) >= 11 is 0. The lowest BCUT2D eigenvalue weighted by Gasteiger charge is -2.39. The number of carbonyl (C=O) groups is 2. The van der Waals surface area contributed by atoms with Gasteiger partial charge in [-0.3, -0.25) is 19.4 Å². The first kappa shape index (κ1) is 62.8. The molecule has 0 heterocycles. The van der Waals surface area contributed by atoms with Gasteiger partial charge in [0.15, 0.2) is 0 Å². The van der Waals surface area contributed by atoms with Crippen molar-refractivity contribution in [2.24, 2.45) is 17.8 Å². The predicted octanol–water partition coefficient (Wildman–Crippen LogP) is 16.6. The number of unbranched alkanes of at least 4 members (excludes halogenated alkanes) is 24. The number of aliphatic hydroxyl groups excluding tert-OH is 1. The van der Waals surface area contributed by atoms with Crippen LogP contribution in [0, 0.1) is 17.8 Å². The van der Waals surface area contributed by atoms with E-state index < -0.39 is 0 Å². The van der Waals surface area contributed by atoms with Crippen molar-refractivity contribution in [2.75, 3.05) is 52.5 Å². The van der Waals surface area contributed by atoms with Gasteiger partial charge >= 0.3 is 11.9 Å². The van der Waals surface area contributed by atoms with Crippen molar-refractivity contribution in [2.45, 2.75) is 297 Å². The Morgan fingerprint density at radius 2 is 0.833 bits per heavy atom. The normalized spacial score (nSPS) is 15.5. The van der Waals surface area contributed by atoms with Gasteiger partial charge in [0.05, 0.1) is 19.8 Å². The van der Waals surface area contributed by atoms with E-state index in [2.05, 4.69) is 44.4 Å². The Morgan fingerprint density at radius 1 is 0.455 bits per heavy atom. The van der Waals surface area contributed by atoms with E-state index >= 15 is 0 Å². The van der Waals surface area contributed by atoms with Crippen molar-refractivity contribution in [3.63, 3.8) is 0 Å². The smallest absolute Gasteiger partial charge is 0.305 e. The van der Waals surface area contributed by atoms with E-state index in [0.717, 1.165) is 64.7 Å². The number of ether oxygens (including phenoxy) is 2. The fourth-order valence-electron chi connectivity index (χ4n) is 10.6. The molecule has 7 heteroatoms. The van der Waals surface area contributed by atoms with Crippen molar-refractivity contribution in [1.82, 2.24) is 9.80 Å². The molecule has 1 fully saturated rings. The first-order valence-corrected chi connectivity index (χ1v) is 29.8. The van der Waals surface area contributed by atoms with Crippen LogP contribution in [0.1, 0.15) is 291 Å². The minimum absolute atomic E-state index is 0.00596. The zero-order valence-electron chi connectivity index (χ0n) is 45.2. The molecule has 0 amide bonds. The van der Waals surface area contributed by atoms with E-state index in [0.29, 0.717) is 56.4 Å². The molecule has 0 saturated heterocycles. The van der Waals surface area contributed by atoms with Crippen molar-refractivity contribution in [3.8, 4) is 0 Å². The zero-order valence-corrected chi connectivity index (χ0v) is 45.2. The topological polar surface area (TPSA) is 79.3 Å². The van der Waals surface area contributed by atoms with Crippen LogP contribution in [0.5, 0.6) is 0 Å². The van der Waals surface area contributed by atoms with Gasteiger partial charge < -0.3 is 14.6 Å². The summed E-state index contributed by atoms with van der Waals surface area (Å²) in [5.74, 6) is 1.74. The summed E-state index contributed by atoms with van der Waals surface area (Å²) in [5.41, 5.74) is 0. The SMILES string of the molecule is CCCCCCCCC(CCCCCCCC)COC(=O)CCCCCN(CCO)CCN(CCCCCC(=O)OCC(CCCCCCCC)CCCCCCCC)C1CCCCC1C. The van der Waals surface area contributed by atoms with Gasteiger partial charge in [-0.05, 0) is 95.1 Å². The summed E-state index contributed by atoms with van der Waals surface area (Å²) in [6, 6.07) is 0.622. The summed E-state index contributed by atoms with van der Waals surface area (Å²) in [6.07, 6.45) is 48.8. The molecule has 1 aliphatic rings. The van der Waals surface area contributed by atoms with Gasteiger partial charge in [-0.15, -0.1) is 0 Å². The molecule has 7 nitrogen and oxygen atoms in total. The van der Waals surface area contributed by atoms with Crippen LogP contribution in [0.25, 0.3) is 0 Å². The molecule has 0 aliphatic heterocycles. The first-order valence-electron chi connectivity index (χ1n) is 29.8. The van der Waals surface area contributed by atoms with Gasteiger partial charge in [0, 0.05) is 38.5 Å². The monoisotopic (exact) mass is 933 g/mol. The second-order valence-electron chi connectivity index (χ2n) is 21.4. The first-order chi connectivity index (χ1) is 32.4. The molecular formula is C59H116N2O5. The van der Waals surface area contributed by atoms with Crippen molar-refractivity contribution < 1.29 is 24.2 Å². The number of aliphatic hydroxyl groups is 1. The highest BCUT2D eigenvalue weighted by molar-refractivity contribution is 5.69. The highest BCUT2D eigenvalue weighted by Crippen LogP contribution is 2.29. The molecule has 0 aromatic carbocycles. The lowest BCUT2D eigenvalue weighted by Crippen LogP contribution is -2.46. The second kappa shape index (κ2) is 47.5. The molecule has 0 bridgehead atoms. The van der Waals surface area contributed by atoms with E-state index in [1.807, 2.05) is 0 Å². The molecule has 1 N–H and O–H groups in total. The van der Waals surface area contributed by atoms with E-state index in [9.17, 15) is 14.7 Å². The van der Waals surface area contributed by atoms with E-state index in [-0.39, 0.29) is 18.5 Å². The summed E-state index contributed by atoms with van der Waals surface area (Å²) in [7, 11) is 0. The standard InChI is InChI=1S/C59H116N2O5/c1-6-10-14-18-22-28-39-55(40-29-23-19-15-11-7-2)52-65-58(63)44-32-26-36-46-60(50-51-62)48-49-61(57-43-35-34-38-54(57)5)47-37-27-33-45-59(64)66-53-56(41-30-24-20-16-12-8-3)42-31-25-21-17-13-9-4/h54-57,62H,6-53H2,1-5H3. The Hall–Kier alpha value is -1.18. The average molecular weight is 934 g/mol. The number of hydrogen-bond acceptors (Lipinski definition) is 7. The highest BCUT2D eigenvalue weighted by Gasteiger charge is 2.27. The van der Waals surface area contributed by atoms with Crippen LogP contribution in [-0.4, -0.2) is 85.4 Å². The van der Waals surface area contributed by atoms with Crippen molar-refractivity contribution in [3.05, 3.63) is 0 Å². The van der Waals surface area contributed by atoms with Gasteiger partial charge in [-0.1, -0.05) is 214 Å². The Labute approximate surface area is 412 Å². The Kier molecular flexibility index (Phi) is 45.2. The molecule has 0 radical (unpaired) electrons. The van der Waals surface area contributed by atoms with Crippen molar-refractivity contribution >= 4 is 11.9 Å². The summed E-state index contributed by atoms with van der Waals surface area (Å²) < 4.78 is 11.9. The summed E-state index contributed by atoms with van der Waals surface area (Å²) in [4.78, 5) is 31.0. The molecule has 0 aromatic heterocycles. The van der Waals surface area contributed by atoms with E-state index in [4.69, 9.17) is 9.47 Å². The second-order valence-corrected chi connectivity index (χ2v) is 21.4. The Morgan fingerprint density at radius 3 is 1.24 bits per heavy atom. The van der Waals surface area contributed by atoms with E-state index in [1.54, 1.807) is 0 Å². The minimum Gasteiger partial charge on any atom is -0.465 e. The molecule has 0 spiro atoms. The maximum absolute atomic E-state index is 12.9. The van der Waals surface area contributed by atoms with Crippen molar-refractivity contribution in [1.29, 1.82) is 0 Å². The van der Waals surface area contributed by atoms with Crippen LogP contribution in [0.15, 0.2) is 0 Å². The van der Waals surface area contributed by atoms with Gasteiger partial charge in [0.2, 0.25) is 0 Å². The molecule has 66 heavy (non-hydrogen) atoms. The molecule has 392 valence electrons. The van der Waals surface area contributed by atoms with Gasteiger partial charge in [0.25, 0.3) is 0 Å². The molecule has 1 saturated carbocycles. The van der Waals surface area contributed by atoms with Crippen LogP contribution in [0.4, 0.5) is 0 Å². The van der Waals surface area contributed by atoms with Crippen LogP contribution >= 0.6 is 0 Å². The third kappa shape index (κ3) is 37.7. The van der Waals surface area contributed by atoms with Gasteiger partial charge in [-0.25, -0.2) is 0 Å². The fraction of sp³-hybridized carbons (Fsp3) is 0.966. The van der Waals surface area contributed by atoms with Crippen LogP contribution in [-0.2, 0) is 19.1 Å². The predicted molar refractivity (Wildman–Crippen MR) is 284 cm³/mol. The largest absolute Gasteiger partial charge is 0.465 e. The molecular weight excluding hydrogens is 817 g/mol. The van der Waals surface area contributed by atoms with Gasteiger partial charge in [-0.2, -0.15) is 0 Å². The Bertz CT molecular complexity index is 1010. The average Bonchev–Trinajstić information content (AvgIpc) is 3.32. The molecule has 2 unspecified atom stereocenters. The van der Waals surface area contributed by atoms with E-state index in [1.165, 1.54) is 205 Å². The minimum atomic E-state index is -0.0153. The fourth-order valence-corrected chi connectivity index (χ4v) is 10.6. The van der Waals surface area contributed by atoms with Crippen LogP contribution in [0.3, 0.4) is 0 Å². The lowest BCUT2D eigenvalue weighted by molar-refractivity contribution is -0.146. The quantitative estimate of drug-likeness (QED) is 0.0481. The summed E-state index contributed by atoms with van der Waals surface area (Å²) in [5, 5.41) is 9.98. The highest BCUT2D eigenvalue weighted by atomic mass is 16.5. The van der Waals surface area contributed by atoms with Crippen LogP contribution < -0.4 is 0 Å². The summed E-state index contributed by atoms with van der Waals surface area (Å²) in [6.45, 7) is 17.7.